The Balaban J connectivity index is 1.71. The van der Waals surface area contributed by atoms with Crippen molar-refractivity contribution in [2.75, 3.05) is 42.7 Å². The van der Waals surface area contributed by atoms with Crippen LogP contribution in [0.2, 0.25) is 0 Å². The summed E-state index contributed by atoms with van der Waals surface area (Å²) in [5.74, 6) is 5.75. The molecular formula is C51H97NO5S2. The summed E-state index contributed by atoms with van der Waals surface area (Å²) in [6.07, 6.45) is 40.5. The first-order valence-corrected chi connectivity index (χ1v) is 28.2. The number of ether oxygens (including phenoxy) is 2. The number of thioether (sulfide) groups is 2. The summed E-state index contributed by atoms with van der Waals surface area (Å²) in [5.41, 5.74) is 0. The number of nitrogens with zero attached hydrogens (tertiary/aromatic N) is 1. The number of hydrogen-bond donors (Lipinski definition) is 1. The molecule has 0 aliphatic heterocycles. The van der Waals surface area contributed by atoms with Crippen LogP contribution in [-0.4, -0.2) is 82.9 Å². The Morgan fingerprint density at radius 3 is 1.42 bits per heavy atom. The van der Waals surface area contributed by atoms with Crippen LogP contribution in [0.25, 0.3) is 0 Å². The van der Waals surface area contributed by atoms with Gasteiger partial charge >= 0.3 is 11.9 Å². The Morgan fingerprint density at radius 2 is 1.00 bits per heavy atom. The Labute approximate surface area is 374 Å². The molecule has 0 aromatic rings. The van der Waals surface area contributed by atoms with E-state index in [0.717, 1.165) is 86.5 Å². The summed E-state index contributed by atoms with van der Waals surface area (Å²) in [6, 6.07) is 0.625. The van der Waals surface area contributed by atoms with E-state index in [1.54, 1.807) is 0 Å². The molecule has 0 aromatic heterocycles. The van der Waals surface area contributed by atoms with Crippen molar-refractivity contribution in [3.8, 4) is 0 Å². The van der Waals surface area contributed by atoms with Gasteiger partial charge in [-0.1, -0.05) is 149 Å². The molecule has 6 nitrogen and oxygen atoms in total. The van der Waals surface area contributed by atoms with E-state index in [4.69, 9.17) is 9.47 Å². The molecule has 2 atom stereocenters. The minimum absolute atomic E-state index is 0.0421. The second-order valence-electron chi connectivity index (χ2n) is 18.6. The van der Waals surface area contributed by atoms with Crippen molar-refractivity contribution in [3.63, 3.8) is 0 Å². The monoisotopic (exact) mass is 868 g/mol. The van der Waals surface area contributed by atoms with Crippen molar-refractivity contribution in [2.45, 2.75) is 257 Å². The van der Waals surface area contributed by atoms with Gasteiger partial charge in [-0.25, -0.2) is 0 Å². The highest BCUT2D eigenvalue weighted by Gasteiger charge is 2.21. The maximum atomic E-state index is 12.8. The number of aliphatic hydroxyl groups is 1. The predicted octanol–water partition coefficient (Wildman–Crippen LogP) is 14.5. The van der Waals surface area contributed by atoms with Gasteiger partial charge in [0.05, 0.1) is 0 Å². The fourth-order valence-electron chi connectivity index (χ4n) is 9.52. The second kappa shape index (κ2) is 39.2. The molecule has 2 saturated carbocycles. The SMILES string of the molecule is CCCCCCC(CSCCCCCC(CCCCCSCC(CCCCCC)OC(=O)CCC1CCCCC1)N(CC)CCCCO)OC(=O)CCC1CCCCC1. The summed E-state index contributed by atoms with van der Waals surface area (Å²) in [5, 5.41) is 9.44. The van der Waals surface area contributed by atoms with Gasteiger partial charge in [0.25, 0.3) is 0 Å². The van der Waals surface area contributed by atoms with Gasteiger partial charge in [-0.15, -0.1) is 0 Å². The van der Waals surface area contributed by atoms with Crippen LogP contribution in [0, 0.1) is 11.8 Å². The molecule has 0 radical (unpaired) electrons. The van der Waals surface area contributed by atoms with Gasteiger partial charge in [0, 0.05) is 37.0 Å². The molecule has 0 bridgehead atoms. The number of hydrogen-bond acceptors (Lipinski definition) is 8. The van der Waals surface area contributed by atoms with Crippen LogP contribution in [0.15, 0.2) is 0 Å². The lowest BCUT2D eigenvalue weighted by atomic mass is 9.86. The molecule has 2 aliphatic rings. The Morgan fingerprint density at radius 1 is 0.559 bits per heavy atom. The first-order chi connectivity index (χ1) is 29.0. The van der Waals surface area contributed by atoms with Gasteiger partial charge < -0.3 is 19.5 Å². The topological polar surface area (TPSA) is 76.1 Å². The minimum Gasteiger partial charge on any atom is -0.461 e. The van der Waals surface area contributed by atoms with Gasteiger partial charge in [0.2, 0.25) is 0 Å². The van der Waals surface area contributed by atoms with E-state index in [1.165, 1.54) is 167 Å². The third kappa shape index (κ3) is 30.3. The van der Waals surface area contributed by atoms with Gasteiger partial charge in [-0.3, -0.25) is 9.59 Å². The van der Waals surface area contributed by atoms with Crippen LogP contribution in [0.5, 0.6) is 0 Å². The number of unbranched alkanes of at least 4 members (excludes halogenated alkanes) is 11. The molecule has 0 heterocycles. The lowest BCUT2D eigenvalue weighted by Gasteiger charge is -2.31. The van der Waals surface area contributed by atoms with Crippen LogP contribution >= 0.6 is 23.5 Å². The van der Waals surface area contributed by atoms with E-state index < -0.39 is 0 Å². The van der Waals surface area contributed by atoms with Gasteiger partial charge in [0.1, 0.15) is 12.2 Å². The van der Waals surface area contributed by atoms with Gasteiger partial charge in [0.15, 0.2) is 0 Å². The number of aliphatic hydroxyl groups excluding tert-OH is 1. The molecule has 2 fully saturated rings. The van der Waals surface area contributed by atoms with Crippen molar-refractivity contribution in [1.29, 1.82) is 0 Å². The molecule has 0 amide bonds. The Hall–Kier alpha value is -0.440. The smallest absolute Gasteiger partial charge is 0.306 e. The molecule has 0 spiro atoms. The van der Waals surface area contributed by atoms with Crippen LogP contribution in [0.3, 0.4) is 0 Å². The van der Waals surface area contributed by atoms with Gasteiger partial charge in [-0.05, 0) is 113 Å². The van der Waals surface area contributed by atoms with E-state index >= 15 is 0 Å². The maximum absolute atomic E-state index is 12.8. The van der Waals surface area contributed by atoms with E-state index in [2.05, 4.69) is 25.7 Å². The largest absolute Gasteiger partial charge is 0.461 e. The highest BCUT2D eigenvalue weighted by Crippen LogP contribution is 2.29. The first-order valence-electron chi connectivity index (χ1n) is 25.9. The fraction of sp³-hybridized carbons (Fsp3) is 0.961. The van der Waals surface area contributed by atoms with Crippen LogP contribution in [0.4, 0.5) is 0 Å². The summed E-state index contributed by atoms with van der Waals surface area (Å²) < 4.78 is 12.2. The molecule has 0 aromatic carbocycles. The van der Waals surface area contributed by atoms with E-state index in [1.807, 2.05) is 23.5 Å². The summed E-state index contributed by atoms with van der Waals surface area (Å²) in [4.78, 5) is 28.3. The number of carbonyl (C=O) groups is 2. The van der Waals surface area contributed by atoms with Crippen molar-refractivity contribution >= 4 is 35.5 Å². The molecule has 0 saturated heterocycles. The number of esters is 2. The highest BCUT2D eigenvalue weighted by molar-refractivity contribution is 7.99. The van der Waals surface area contributed by atoms with Crippen molar-refractivity contribution in [2.24, 2.45) is 11.8 Å². The molecule has 2 unspecified atom stereocenters. The van der Waals surface area contributed by atoms with Crippen LogP contribution in [0.1, 0.15) is 239 Å². The zero-order valence-corrected chi connectivity index (χ0v) is 40.9. The average molecular weight is 868 g/mol. The van der Waals surface area contributed by atoms with Crippen molar-refractivity contribution in [3.05, 3.63) is 0 Å². The highest BCUT2D eigenvalue weighted by atomic mass is 32.2. The molecule has 2 rings (SSSR count). The molecule has 348 valence electrons. The Bertz CT molecular complexity index is 892. The standard InChI is InChI=1S/C51H97NO5S2/c1-4-7-9-21-33-48(56-50(54)37-35-45-27-15-11-16-28-45)43-58-41-25-13-19-31-47(52(6-3)39-23-24-40-53)32-20-14-26-42-59-44-49(34-22-10-8-5-2)57-51(55)38-36-46-29-17-12-18-30-46/h45-49,53H,4-44H2,1-3H3. The third-order valence-corrected chi connectivity index (χ3v) is 15.7. The van der Waals surface area contributed by atoms with E-state index in [0.29, 0.717) is 18.9 Å². The lowest BCUT2D eigenvalue weighted by molar-refractivity contribution is -0.149. The van der Waals surface area contributed by atoms with Crippen LogP contribution in [-0.2, 0) is 19.1 Å². The zero-order chi connectivity index (χ0) is 42.4. The first kappa shape index (κ1) is 54.7. The average Bonchev–Trinajstić information content (AvgIpc) is 3.25. The minimum atomic E-state index is 0.0421. The predicted molar refractivity (Wildman–Crippen MR) is 258 cm³/mol. The van der Waals surface area contributed by atoms with E-state index in [-0.39, 0.29) is 30.8 Å². The summed E-state index contributed by atoms with van der Waals surface area (Å²) in [7, 11) is 0. The van der Waals surface area contributed by atoms with E-state index in [9.17, 15) is 14.7 Å². The van der Waals surface area contributed by atoms with Crippen molar-refractivity contribution < 1.29 is 24.2 Å². The lowest BCUT2D eigenvalue weighted by Crippen LogP contribution is -2.36. The molecule has 1 N–H and O–H groups in total. The van der Waals surface area contributed by atoms with Crippen LogP contribution < -0.4 is 0 Å². The second-order valence-corrected chi connectivity index (χ2v) is 20.9. The summed E-state index contributed by atoms with van der Waals surface area (Å²) >= 11 is 4.00. The quantitative estimate of drug-likeness (QED) is 0.0482. The third-order valence-electron chi connectivity index (χ3n) is 13.4. The maximum Gasteiger partial charge on any atom is 0.306 e. The zero-order valence-electron chi connectivity index (χ0n) is 39.2. The molecular weight excluding hydrogens is 771 g/mol. The molecule has 8 heteroatoms. The molecule has 2 aliphatic carbocycles. The molecule has 59 heavy (non-hydrogen) atoms. The fourth-order valence-corrected chi connectivity index (χ4v) is 11.7. The summed E-state index contributed by atoms with van der Waals surface area (Å²) in [6.45, 7) is 9.28. The number of rotatable bonds is 40. The normalized spacial score (nSPS) is 17.0. The van der Waals surface area contributed by atoms with Crippen molar-refractivity contribution in [1.82, 2.24) is 4.90 Å². The Kier molecular flexibility index (Phi) is 36.3. The number of carbonyl (C=O) groups excluding carboxylic acids is 2. The van der Waals surface area contributed by atoms with Gasteiger partial charge in [-0.2, -0.15) is 23.5 Å².